The lowest BCUT2D eigenvalue weighted by molar-refractivity contribution is 0.210. The molecule has 2 N–H and O–H groups in total. The Bertz CT molecular complexity index is 331. The number of rotatable bonds is 7. The molecule has 0 bridgehead atoms. The van der Waals surface area contributed by atoms with Crippen LogP contribution < -0.4 is 5.32 Å². The summed E-state index contributed by atoms with van der Waals surface area (Å²) in [4.78, 5) is 0. The van der Waals surface area contributed by atoms with Crippen LogP contribution >= 0.6 is 0 Å². The molecule has 1 aromatic rings. The molecule has 0 saturated heterocycles. The van der Waals surface area contributed by atoms with Gasteiger partial charge in [0.1, 0.15) is 0 Å². The second-order valence-electron chi connectivity index (χ2n) is 5.14. The highest BCUT2D eigenvalue weighted by molar-refractivity contribution is 5.48. The average Bonchev–Trinajstić information content (AvgIpc) is 2.60. The third-order valence-corrected chi connectivity index (χ3v) is 2.67. The first-order valence-electron chi connectivity index (χ1n) is 6.36. The quantitative estimate of drug-likeness (QED) is 0.719. The molecule has 0 atom stereocenters. The van der Waals surface area contributed by atoms with Crippen LogP contribution in [-0.2, 0) is 11.2 Å². The molecule has 1 aromatic heterocycles. The van der Waals surface area contributed by atoms with Gasteiger partial charge in [-0.1, -0.05) is 27.7 Å². The zero-order chi connectivity index (χ0) is 12.8. The van der Waals surface area contributed by atoms with Crippen molar-refractivity contribution in [3.63, 3.8) is 0 Å². The van der Waals surface area contributed by atoms with Crippen LogP contribution in [0.2, 0.25) is 0 Å². The Balaban J connectivity index is 2.79. The van der Waals surface area contributed by atoms with Crippen molar-refractivity contribution in [3.05, 3.63) is 11.3 Å². The number of methoxy groups -OCH3 is 1. The molecule has 0 aliphatic carbocycles. The second-order valence-corrected chi connectivity index (χ2v) is 5.14. The van der Waals surface area contributed by atoms with Gasteiger partial charge in [0.05, 0.1) is 6.61 Å². The molecule has 1 rings (SSSR count). The maximum Gasteiger partial charge on any atom is 0.151 e. The van der Waals surface area contributed by atoms with E-state index < -0.39 is 0 Å². The Kier molecular flexibility index (Phi) is 5.48. The minimum atomic E-state index is 0.479. The third kappa shape index (κ3) is 4.04. The zero-order valence-electron chi connectivity index (χ0n) is 11.6. The van der Waals surface area contributed by atoms with E-state index in [1.165, 1.54) is 11.3 Å². The van der Waals surface area contributed by atoms with Crippen LogP contribution in [0.4, 0.5) is 5.82 Å². The summed E-state index contributed by atoms with van der Waals surface area (Å²) in [6.07, 6.45) is 1.05. The van der Waals surface area contributed by atoms with Crippen LogP contribution in [0, 0.1) is 5.92 Å². The van der Waals surface area contributed by atoms with Gasteiger partial charge in [-0.15, -0.1) is 0 Å². The van der Waals surface area contributed by atoms with E-state index in [-0.39, 0.29) is 0 Å². The van der Waals surface area contributed by atoms with Gasteiger partial charge in [0.25, 0.3) is 0 Å². The van der Waals surface area contributed by atoms with Gasteiger partial charge in [0.15, 0.2) is 5.82 Å². The molecule has 17 heavy (non-hydrogen) atoms. The van der Waals surface area contributed by atoms with Crippen molar-refractivity contribution in [3.8, 4) is 0 Å². The van der Waals surface area contributed by atoms with Gasteiger partial charge in [0, 0.05) is 24.9 Å². The molecule has 0 radical (unpaired) electrons. The van der Waals surface area contributed by atoms with Crippen LogP contribution in [0.1, 0.15) is 44.9 Å². The van der Waals surface area contributed by atoms with E-state index in [0.29, 0.717) is 18.4 Å². The molecule has 0 amide bonds. The molecule has 0 fully saturated rings. The van der Waals surface area contributed by atoms with Crippen LogP contribution in [0.3, 0.4) is 0 Å². The van der Waals surface area contributed by atoms with Gasteiger partial charge in [-0.2, -0.15) is 5.10 Å². The normalized spacial score (nSPS) is 11.5. The smallest absolute Gasteiger partial charge is 0.151 e. The van der Waals surface area contributed by atoms with E-state index in [1.54, 1.807) is 7.11 Å². The monoisotopic (exact) mass is 239 g/mol. The van der Waals surface area contributed by atoms with Gasteiger partial charge in [-0.3, -0.25) is 5.10 Å². The minimum Gasteiger partial charge on any atom is -0.383 e. The van der Waals surface area contributed by atoms with Crippen molar-refractivity contribution in [2.45, 2.75) is 40.0 Å². The molecule has 4 heteroatoms. The van der Waals surface area contributed by atoms with E-state index in [0.717, 1.165) is 18.8 Å². The van der Waals surface area contributed by atoms with Crippen LogP contribution in [0.5, 0.6) is 0 Å². The molecular weight excluding hydrogens is 214 g/mol. The molecular formula is C13H25N3O. The fourth-order valence-electron chi connectivity index (χ4n) is 1.98. The van der Waals surface area contributed by atoms with Gasteiger partial charge >= 0.3 is 0 Å². The van der Waals surface area contributed by atoms with Crippen molar-refractivity contribution in [2.75, 3.05) is 25.6 Å². The molecule has 98 valence electrons. The summed E-state index contributed by atoms with van der Waals surface area (Å²) < 4.78 is 5.03. The van der Waals surface area contributed by atoms with Crippen LogP contribution in [0.25, 0.3) is 0 Å². The first-order chi connectivity index (χ1) is 8.06. The number of hydrogen-bond donors (Lipinski definition) is 2. The predicted octanol–water partition coefficient (Wildman–Crippen LogP) is 2.79. The maximum atomic E-state index is 5.03. The first kappa shape index (κ1) is 14.0. The summed E-state index contributed by atoms with van der Waals surface area (Å²) in [5.74, 6) is 2.10. The molecule has 0 aliphatic rings. The standard InChI is InChI=1S/C13H25N3O/c1-9(2)8-11-12(10(3)4)13(16-15-11)14-6-7-17-5/h9-10H,6-8H2,1-5H3,(H2,14,15,16). The van der Waals surface area contributed by atoms with Crippen molar-refractivity contribution in [2.24, 2.45) is 5.92 Å². The van der Waals surface area contributed by atoms with Gasteiger partial charge < -0.3 is 10.1 Å². The molecule has 0 aliphatic heterocycles. The molecule has 0 aromatic carbocycles. The average molecular weight is 239 g/mol. The lowest BCUT2D eigenvalue weighted by Gasteiger charge is -2.11. The molecule has 0 spiro atoms. The number of ether oxygens (including phenoxy) is 1. The Morgan fingerprint density at radius 3 is 2.53 bits per heavy atom. The Morgan fingerprint density at radius 1 is 1.29 bits per heavy atom. The predicted molar refractivity (Wildman–Crippen MR) is 71.6 cm³/mol. The maximum absolute atomic E-state index is 5.03. The zero-order valence-corrected chi connectivity index (χ0v) is 11.6. The van der Waals surface area contributed by atoms with Gasteiger partial charge in [-0.25, -0.2) is 0 Å². The highest BCUT2D eigenvalue weighted by Crippen LogP contribution is 2.27. The molecule has 4 nitrogen and oxygen atoms in total. The molecule has 0 unspecified atom stereocenters. The van der Waals surface area contributed by atoms with Crippen molar-refractivity contribution in [1.29, 1.82) is 0 Å². The summed E-state index contributed by atoms with van der Waals surface area (Å²) in [5, 5.41) is 10.9. The first-order valence-corrected chi connectivity index (χ1v) is 6.36. The fourth-order valence-corrected chi connectivity index (χ4v) is 1.98. The lowest BCUT2D eigenvalue weighted by Crippen LogP contribution is -2.10. The SMILES string of the molecule is COCCNc1n[nH]c(CC(C)C)c1C(C)C. The van der Waals surface area contributed by atoms with Crippen LogP contribution in [0.15, 0.2) is 0 Å². The number of hydrogen-bond acceptors (Lipinski definition) is 3. The number of H-pyrrole nitrogens is 1. The van der Waals surface area contributed by atoms with Crippen LogP contribution in [-0.4, -0.2) is 30.5 Å². The summed E-state index contributed by atoms with van der Waals surface area (Å²) in [6, 6.07) is 0. The van der Waals surface area contributed by atoms with E-state index in [4.69, 9.17) is 4.74 Å². The Hall–Kier alpha value is -1.03. The minimum absolute atomic E-state index is 0.479. The Labute approximate surface area is 104 Å². The number of aromatic nitrogens is 2. The number of nitrogens with zero attached hydrogens (tertiary/aromatic N) is 1. The number of aromatic amines is 1. The topological polar surface area (TPSA) is 49.9 Å². The van der Waals surface area contributed by atoms with Crippen molar-refractivity contribution < 1.29 is 4.74 Å². The summed E-state index contributed by atoms with van der Waals surface area (Å²) in [6.45, 7) is 10.4. The van der Waals surface area contributed by atoms with E-state index in [1.807, 2.05) is 0 Å². The third-order valence-electron chi connectivity index (χ3n) is 2.67. The molecule has 1 heterocycles. The fraction of sp³-hybridized carbons (Fsp3) is 0.769. The summed E-state index contributed by atoms with van der Waals surface area (Å²) in [7, 11) is 1.71. The van der Waals surface area contributed by atoms with Crippen molar-refractivity contribution >= 4 is 5.82 Å². The summed E-state index contributed by atoms with van der Waals surface area (Å²) in [5.41, 5.74) is 2.57. The Morgan fingerprint density at radius 2 is 2.00 bits per heavy atom. The van der Waals surface area contributed by atoms with E-state index >= 15 is 0 Å². The van der Waals surface area contributed by atoms with Crippen molar-refractivity contribution in [1.82, 2.24) is 10.2 Å². The highest BCUT2D eigenvalue weighted by atomic mass is 16.5. The largest absolute Gasteiger partial charge is 0.383 e. The van der Waals surface area contributed by atoms with E-state index in [2.05, 4.69) is 43.2 Å². The lowest BCUT2D eigenvalue weighted by atomic mass is 9.97. The van der Waals surface area contributed by atoms with Gasteiger partial charge in [-0.05, 0) is 18.3 Å². The second kappa shape index (κ2) is 6.64. The number of anilines is 1. The van der Waals surface area contributed by atoms with Gasteiger partial charge in [0.2, 0.25) is 0 Å². The number of nitrogens with one attached hydrogen (secondary N) is 2. The molecule has 0 saturated carbocycles. The highest BCUT2D eigenvalue weighted by Gasteiger charge is 2.16. The van der Waals surface area contributed by atoms with E-state index in [9.17, 15) is 0 Å². The summed E-state index contributed by atoms with van der Waals surface area (Å²) >= 11 is 0.